The zero-order valence-corrected chi connectivity index (χ0v) is 15.9. The van der Waals surface area contributed by atoms with Crippen LogP contribution in [0.5, 0.6) is 0 Å². The highest BCUT2D eigenvalue weighted by atomic mass is 14.7. The summed E-state index contributed by atoms with van der Waals surface area (Å²) in [5.41, 5.74) is 9.13. The van der Waals surface area contributed by atoms with Crippen molar-refractivity contribution in [1.29, 1.82) is 0 Å². The van der Waals surface area contributed by atoms with Gasteiger partial charge in [0.1, 0.15) is 0 Å². The molecule has 1 aromatic carbocycles. The van der Waals surface area contributed by atoms with Crippen molar-refractivity contribution in [1.82, 2.24) is 0 Å². The number of hydrogen-bond acceptors (Lipinski definition) is 1. The van der Waals surface area contributed by atoms with Crippen molar-refractivity contribution >= 4 is 0 Å². The molecule has 0 fully saturated rings. The quantitative estimate of drug-likeness (QED) is 0.417. The van der Waals surface area contributed by atoms with E-state index in [-0.39, 0.29) is 5.54 Å². The van der Waals surface area contributed by atoms with E-state index < -0.39 is 0 Å². The minimum absolute atomic E-state index is 0.0181. The van der Waals surface area contributed by atoms with Crippen LogP contribution in [0.25, 0.3) is 0 Å². The fourth-order valence-electron chi connectivity index (χ4n) is 2.94. The molecule has 0 amide bonds. The summed E-state index contributed by atoms with van der Waals surface area (Å²) in [4.78, 5) is 0. The van der Waals surface area contributed by atoms with Crippen molar-refractivity contribution in [2.45, 2.75) is 103 Å². The summed E-state index contributed by atoms with van der Waals surface area (Å²) in [6.45, 7) is 6.61. The van der Waals surface area contributed by atoms with Crippen molar-refractivity contribution in [3.05, 3.63) is 35.4 Å². The maximum Gasteiger partial charge on any atom is 0.0126 e. The van der Waals surface area contributed by atoms with E-state index in [2.05, 4.69) is 45.0 Å². The Morgan fingerprint density at radius 1 is 0.739 bits per heavy atom. The average molecular weight is 318 g/mol. The summed E-state index contributed by atoms with van der Waals surface area (Å²) in [7, 11) is 0. The van der Waals surface area contributed by atoms with Crippen LogP contribution in [0.4, 0.5) is 0 Å². The van der Waals surface area contributed by atoms with Gasteiger partial charge >= 0.3 is 0 Å². The molecule has 0 bridgehead atoms. The van der Waals surface area contributed by atoms with Crippen LogP contribution in [0.1, 0.15) is 96.1 Å². The second kappa shape index (κ2) is 11.7. The number of unbranched alkanes of at least 4 members (excludes halogenated alkanes) is 7. The highest BCUT2D eigenvalue weighted by molar-refractivity contribution is 5.23. The maximum absolute atomic E-state index is 6.23. The zero-order valence-electron chi connectivity index (χ0n) is 15.9. The number of aryl methyl sites for hydroxylation is 2. The van der Waals surface area contributed by atoms with Crippen LogP contribution >= 0.6 is 0 Å². The molecule has 1 rings (SSSR count). The van der Waals surface area contributed by atoms with Gasteiger partial charge in [-0.05, 0) is 50.2 Å². The van der Waals surface area contributed by atoms with Gasteiger partial charge in [0.25, 0.3) is 0 Å². The summed E-state index contributed by atoms with van der Waals surface area (Å²) < 4.78 is 0. The fourth-order valence-corrected chi connectivity index (χ4v) is 2.94. The third-order valence-corrected chi connectivity index (χ3v) is 5.13. The minimum Gasteiger partial charge on any atom is -0.325 e. The molecule has 0 radical (unpaired) electrons. The fraction of sp³-hybridized carbons (Fsp3) is 0.727. The Bertz CT molecular complexity index is 391. The van der Waals surface area contributed by atoms with Gasteiger partial charge in [-0.2, -0.15) is 0 Å². The lowest BCUT2D eigenvalue weighted by molar-refractivity contribution is 0.418. The molecule has 0 aliphatic rings. The topological polar surface area (TPSA) is 26.0 Å². The molecule has 23 heavy (non-hydrogen) atoms. The van der Waals surface area contributed by atoms with Crippen LogP contribution in [-0.4, -0.2) is 5.54 Å². The van der Waals surface area contributed by atoms with Gasteiger partial charge in [-0.25, -0.2) is 0 Å². The molecule has 0 spiro atoms. The number of hydrogen-bond donors (Lipinski definition) is 1. The molecule has 0 aliphatic carbocycles. The Morgan fingerprint density at radius 2 is 1.22 bits per heavy atom. The predicted octanol–water partition coefficient (Wildman–Crippen LogP) is 6.43. The molecule has 0 saturated heterocycles. The Hall–Kier alpha value is -0.820. The van der Waals surface area contributed by atoms with Crippen LogP contribution in [-0.2, 0) is 12.8 Å². The van der Waals surface area contributed by atoms with E-state index in [0.29, 0.717) is 0 Å². The van der Waals surface area contributed by atoms with Gasteiger partial charge in [-0.1, -0.05) is 83.1 Å². The summed E-state index contributed by atoms with van der Waals surface area (Å²) in [5, 5.41) is 0. The van der Waals surface area contributed by atoms with E-state index >= 15 is 0 Å². The molecule has 1 atom stereocenters. The van der Waals surface area contributed by atoms with E-state index in [1.807, 2.05) is 0 Å². The van der Waals surface area contributed by atoms with Gasteiger partial charge in [0.2, 0.25) is 0 Å². The largest absolute Gasteiger partial charge is 0.325 e. The summed E-state index contributed by atoms with van der Waals surface area (Å²) in [6, 6.07) is 9.23. The van der Waals surface area contributed by atoms with Gasteiger partial charge in [-0.15, -0.1) is 0 Å². The monoisotopic (exact) mass is 317 g/mol. The maximum atomic E-state index is 6.23. The molecular formula is C22H39N. The van der Waals surface area contributed by atoms with Crippen LogP contribution in [0.2, 0.25) is 0 Å². The van der Waals surface area contributed by atoms with Crippen molar-refractivity contribution in [2.24, 2.45) is 5.73 Å². The van der Waals surface area contributed by atoms with E-state index in [1.54, 1.807) is 0 Å². The summed E-state index contributed by atoms with van der Waals surface area (Å²) in [6.07, 6.45) is 15.6. The summed E-state index contributed by atoms with van der Waals surface area (Å²) in [5.74, 6) is 0. The molecule has 0 heterocycles. The number of rotatable bonds is 13. The van der Waals surface area contributed by atoms with Gasteiger partial charge in [-0.3, -0.25) is 0 Å². The molecule has 2 N–H and O–H groups in total. The highest BCUT2D eigenvalue weighted by Gasteiger charge is 2.14. The molecule has 1 aromatic rings. The van der Waals surface area contributed by atoms with Crippen molar-refractivity contribution < 1.29 is 0 Å². The first-order valence-corrected chi connectivity index (χ1v) is 9.94. The molecular weight excluding hydrogens is 278 g/mol. The SMILES string of the molecule is CCCCCCCCCCc1ccc(CCC(C)(N)CC)cc1. The second-order valence-electron chi connectivity index (χ2n) is 7.55. The molecule has 1 unspecified atom stereocenters. The Morgan fingerprint density at radius 3 is 1.74 bits per heavy atom. The average Bonchev–Trinajstić information content (AvgIpc) is 2.56. The first kappa shape index (κ1) is 20.2. The van der Waals surface area contributed by atoms with E-state index in [0.717, 1.165) is 19.3 Å². The van der Waals surface area contributed by atoms with E-state index in [4.69, 9.17) is 5.73 Å². The van der Waals surface area contributed by atoms with Crippen molar-refractivity contribution in [3.8, 4) is 0 Å². The first-order chi connectivity index (χ1) is 11.1. The molecule has 0 aromatic heterocycles. The van der Waals surface area contributed by atoms with Crippen LogP contribution in [0, 0.1) is 0 Å². The number of nitrogens with two attached hydrogens (primary N) is 1. The molecule has 0 aliphatic heterocycles. The van der Waals surface area contributed by atoms with Crippen LogP contribution < -0.4 is 5.73 Å². The lowest BCUT2D eigenvalue weighted by Gasteiger charge is -2.22. The van der Waals surface area contributed by atoms with Crippen molar-refractivity contribution in [3.63, 3.8) is 0 Å². The standard InChI is InChI=1S/C22H39N/c1-4-6-7-8-9-10-11-12-13-20-14-16-21(17-15-20)18-19-22(3,23)5-2/h14-17H,4-13,18-19,23H2,1-3H3. The van der Waals surface area contributed by atoms with E-state index in [1.165, 1.54) is 68.9 Å². The predicted molar refractivity (Wildman–Crippen MR) is 104 cm³/mol. The Balaban J connectivity index is 2.14. The first-order valence-electron chi connectivity index (χ1n) is 9.94. The number of benzene rings is 1. The second-order valence-corrected chi connectivity index (χ2v) is 7.55. The lowest BCUT2D eigenvalue weighted by atomic mass is 9.91. The smallest absolute Gasteiger partial charge is 0.0126 e. The van der Waals surface area contributed by atoms with E-state index in [9.17, 15) is 0 Å². The van der Waals surface area contributed by atoms with Crippen LogP contribution in [0.15, 0.2) is 24.3 Å². The lowest BCUT2D eigenvalue weighted by Crippen LogP contribution is -2.35. The zero-order chi connectivity index (χ0) is 17.0. The third kappa shape index (κ3) is 9.81. The summed E-state index contributed by atoms with van der Waals surface area (Å²) >= 11 is 0. The Kier molecular flexibility index (Phi) is 10.3. The molecule has 132 valence electrons. The third-order valence-electron chi connectivity index (χ3n) is 5.13. The molecule has 0 saturated carbocycles. The van der Waals surface area contributed by atoms with Crippen LogP contribution in [0.3, 0.4) is 0 Å². The Labute approximate surface area is 145 Å². The van der Waals surface area contributed by atoms with Gasteiger partial charge in [0.15, 0.2) is 0 Å². The highest BCUT2D eigenvalue weighted by Crippen LogP contribution is 2.16. The minimum atomic E-state index is -0.0181. The normalized spacial score (nSPS) is 13.9. The molecule has 1 nitrogen and oxygen atoms in total. The van der Waals surface area contributed by atoms with Crippen molar-refractivity contribution in [2.75, 3.05) is 0 Å². The van der Waals surface area contributed by atoms with Gasteiger partial charge < -0.3 is 5.73 Å². The molecule has 1 heteroatoms. The van der Waals surface area contributed by atoms with Gasteiger partial charge in [0.05, 0.1) is 0 Å². The van der Waals surface area contributed by atoms with Gasteiger partial charge in [0, 0.05) is 5.54 Å².